The number of amides is 1. The van der Waals surface area contributed by atoms with Crippen molar-refractivity contribution >= 4 is 17.7 Å². The van der Waals surface area contributed by atoms with Crippen LogP contribution in [0.15, 0.2) is 30.3 Å². The normalized spacial score (nSPS) is 10.2. The summed E-state index contributed by atoms with van der Waals surface area (Å²) in [5, 5.41) is 2.46. The van der Waals surface area contributed by atoms with Crippen molar-refractivity contribution in [3.8, 4) is 11.5 Å². The number of carbonyl (C=O) groups excluding carboxylic acids is 3. The van der Waals surface area contributed by atoms with Crippen LogP contribution in [0.2, 0.25) is 0 Å². The molecule has 1 amide bonds. The van der Waals surface area contributed by atoms with Gasteiger partial charge < -0.3 is 19.5 Å². The highest BCUT2D eigenvalue weighted by Crippen LogP contribution is 2.22. The van der Waals surface area contributed by atoms with Crippen molar-refractivity contribution in [2.45, 2.75) is 20.8 Å². The number of aryl methyl sites for hydroxylation is 3. The molecule has 0 aliphatic carbocycles. The monoisotopic (exact) mass is 399 g/mol. The van der Waals surface area contributed by atoms with E-state index < -0.39 is 11.9 Å². The number of nitrogens with one attached hydrogen (secondary N) is 1. The van der Waals surface area contributed by atoms with E-state index in [9.17, 15) is 14.4 Å². The Morgan fingerprint density at radius 3 is 1.93 bits per heavy atom. The predicted octanol–water partition coefficient (Wildman–Crippen LogP) is 2.78. The van der Waals surface area contributed by atoms with Gasteiger partial charge in [-0.25, -0.2) is 0 Å². The zero-order valence-electron chi connectivity index (χ0n) is 17.3. The second-order valence-corrected chi connectivity index (χ2v) is 6.64. The number of ketones is 1. The third-order valence-electron chi connectivity index (χ3n) is 4.33. The van der Waals surface area contributed by atoms with Gasteiger partial charge in [-0.05, 0) is 44.0 Å². The van der Waals surface area contributed by atoms with E-state index in [0.29, 0.717) is 17.1 Å². The minimum Gasteiger partial charge on any atom is -0.497 e. The Balaban J connectivity index is 1.92. The smallest absolute Gasteiger partial charge is 0.325 e. The molecular weight excluding hydrogens is 374 g/mol. The van der Waals surface area contributed by atoms with Crippen LogP contribution in [0.5, 0.6) is 11.5 Å². The summed E-state index contributed by atoms with van der Waals surface area (Å²) in [4.78, 5) is 36.6. The number of methoxy groups -OCH3 is 2. The SMILES string of the molecule is COc1cc(OC)cc(C(=O)NCC(=O)OCC(=O)c2c(C)cc(C)cc2C)c1. The number of rotatable bonds is 8. The zero-order valence-corrected chi connectivity index (χ0v) is 17.3. The van der Waals surface area contributed by atoms with Crippen molar-refractivity contribution in [1.82, 2.24) is 5.32 Å². The maximum absolute atomic E-state index is 12.4. The summed E-state index contributed by atoms with van der Waals surface area (Å²) in [6.45, 7) is 4.90. The lowest BCUT2D eigenvalue weighted by Crippen LogP contribution is -2.31. The number of benzene rings is 2. The topological polar surface area (TPSA) is 90.9 Å². The van der Waals surface area contributed by atoms with Gasteiger partial charge in [0.05, 0.1) is 14.2 Å². The first-order chi connectivity index (χ1) is 13.7. The molecule has 0 fully saturated rings. The van der Waals surface area contributed by atoms with Crippen molar-refractivity contribution in [1.29, 1.82) is 0 Å². The highest BCUT2D eigenvalue weighted by Gasteiger charge is 2.16. The van der Waals surface area contributed by atoms with Gasteiger partial charge in [-0.15, -0.1) is 0 Å². The van der Waals surface area contributed by atoms with Crippen LogP contribution in [0.1, 0.15) is 37.4 Å². The van der Waals surface area contributed by atoms with Gasteiger partial charge in [0.1, 0.15) is 18.0 Å². The number of carbonyl (C=O) groups is 3. The van der Waals surface area contributed by atoms with E-state index in [0.717, 1.165) is 16.7 Å². The van der Waals surface area contributed by atoms with E-state index in [4.69, 9.17) is 14.2 Å². The molecule has 7 nitrogen and oxygen atoms in total. The predicted molar refractivity (Wildman–Crippen MR) is 108 cm³/mol. The number of hydrogen-bond donors (Lipinski definition) is 1. The maximum Gasteiger partial charge on any atom is 0.325 e. The molecule has 2 aromatic carbocycles. The van der Waals surface area contributed by atoms with Gasteiger partial charge in [-0.1, -0.05) is 17.7 Å². The van der Waals surface area contributed by atoms with Crippen molar-refractivity contribution in [2.75, 3.05) is 27.4 Å². The Bertz CT molecular complexity index is 890. The lowest BCUT2D eigenvalue weighted by Gasteiger charge is -2.11. The van der Waals surface area contributed by atoms with Gasteiger partial charge in [0.2, 0.25) is 5.78 Å². The van der Waals surface area contributed by atoms with E-state index in [1.165, 1.54) is 26.4 Å². The molecule has 154 valence electrons. The summed E-state index contributed by atoms with van der Waals surface area (Å²) in [5.41, 5.74) is 3.56. The van der Waals surface area contributed by atoms with Crippen LogP contribution in [0.4, 0.5) is 0 Å². The largest absolute Gasteiger partial charge is 0.497 e. The van der Waals surface area contributed by atoms with E-state index >= 15 is 0 Å². The van der Waals surface area contributed by atoms with Crippen molar-refractivity contribution in [2.24, 2.45) is 0 Å². The first kappa shape index (κ1) is 21.9. The number of hydrogen-bond acceptors (Lipinski definition) is 6. The Morgan fingerprint density at radius 1 is 0.862 bits per heavy atom. The molecule has 7 heteroatoms. The third-order valence-corrected chi connectivity index (χ3v) is 4.33. The number of ether oxygens (including phenoxy) is 3. The fraction of sp³-hybridized carbons (Fsp3) is 0.318. The molecule has 0 bridgehead atoms. The van der Waals surface area contributed by atoms with E-state index in [1.807, 2.05) is 32.9 Å². The van der Waals surface area contributed by atoms with E-state index in [-0.39, 0.29) is 24.5 Å². The Labute approximate surface area is 170 Å². The van der Waals surface area contributed by atoms with Crippen molar-refractivity contribution in [3.63, 3.8) is 0 Å². The van der Waals surface area contributed by atoms with E-state index in [1.54, 1.807) is 6.07 Å². The fourth-order valence-corrected chi connectivity index (χ4v) is 3.08. The standard InChI is InChI=1S/C22H25NO6/c1-13-6-14(2)21(15(3)7-13)19(24)12-29-20(25)11-23-22(26)16-8-17(27-4)10-18(9-16)28-5/h6-10H,11-12H2,1-5H3,(H,23,26). The average Bonchev–Trinajstić information content (AvgIpc) is 2.69. The summed E-state index contributed by atoms with van der Waals surface area (Å²) in [7, 11) is 2.95. The Kier molecular flexibility index (Phi) is 7.36. The maximum atomic E-state index is 12.4. The van der Waals surface area contributed by atoms with Crippen LogP contribution < -0.4 is 14.8 Å². The van der Waals surface area contributed by atoms with Gasteiger partial charge in [0.15, 0.2) is 6.61 Å². The first-order valence-corrected chi connectivity index (χ1v) is 9.03. The van der Waals surface area contributed by atoms with Gasteiger partial charge in [-0.3, -0.25) is 14.4 Å². The molecule has 29 heavy (non-hydrogen) atoms. The molecule has 0 aromatic heterocycles. The summed E-state index contributed by atoms with van der Waals surface area (Å²) in [5.74, 6) is -0.574. The third kappa shape index (κ3) is 5.81. The second kappa shape index (κ2) is 9.73. The summed E-state index contributed by atoms with van der Waals surface area (Å²) in [6, 6.07) is 8.49. The van der Waals surface area contributed by atoms with Crippen LogP contribution in [-0.2, 0) is 9.53 Å². The summed E-state index contributed by atoms with van der Waals surface area (Å²) < 4.78 is 15.3. The van der Waals surface area contributed by atoms with Gasteiger partial charge in [0, 0.05) is 17.2 Å². The fourth-order valence-electron chi connectivity index (χ4n) is 3.08. The molecule has 0 unspecified atom stereocenters. The lowest BCUT2D eigenvalue weighted by molar-refractivity contribution is -0.141. The lowest BCUT2D eigenvalue weighted by atomic mass is 9.97. The summed E-state index contributed by atoms with van der Waals surface area (Å²) >= 11 is 0. The highest BCUT2D eigenvalue weighted by atomic mass is 16.5. The molecule has 1 N–H and O–H groups in total. The quantitative estimate of drug-likeness (QED) is 0.542. The van der Waals surface area contributed by atoms with Crippen molar-refractivity contribution in [3.05, 3.63) is 58.1 Å². The van der Waals surface area contributed by atoms with Gasteiger partial charge >= 0.3 is 5.97 Å². The molecule has 0 heterocycles. The Hall–Kier alpha value is -3.35. The highest BCUT2D eigenvalue weighted by molar-refractivity contribution is 6.01. The summed E-state index contributed by atoms with van der Waals surface area (Å²) in [6.07, 6.45) is 0. The van der Waals surface area contributed by atoms with Gasteiger partial charge in [-0.2, -0.15) is 0 Å². The van der Waals surface area contributed by atoms with Crippen molar-refractivity contribution < 1.29 is 28.6 Å². The average molecular weight is 399 g/mol. The molecule has 2 aromatic rings. The molecule has 0 saturated carbocycles. The van der Waals surface area contributed by atoms with Crippen LogP contribution in [0.25, 0.3) is 0 Å². The molecule has 0 aliphatic heterocycles. The molecule has 2 rings (SSSR count). The van der Waals surface area contributed by atoms with Crippen LogP contribution >= 0.6 is 0 Å². The molecule has 0 spiro atoms. The Morgan fingerprint density at radius 2 is 1.41 bits per heavy atom. The van der Waals surface area contributed by atoms with Crippen LogP contribution in [0.3, 0.4) is 0 Å². The second-order valence-electron chi connectivity index (χ2n) is 6.64. The van der Waals surface area contributed by atoms with Gasteiger partial charge in [0.25, 0.3) is 5.91 Å². The number of esters is 1. The zero-order chi connectivity index (χ0) is 21.6. The van der Waals surface area contributed by atoms with Crippen LogP contribution in [0, 0.1) is 20.8 Å². The molecular formula is C22H25NO6. The first-order valence-electron chi connectivity index (χ1n) is 9.03. The minimum absolute atomic E-state index is 0.274. The molecule has 0 aliphatic rings. The van der Waals surface area contributed by atoms with Crippen LogP contribution in [-0.4, -0.2) is 45.0 Å². The van der Waals surface area contributed by atoms with E-state index in [2.05, 4.69) is 5.32 Å². The molecule has 0 atom stereocenters. The number of Topliss-reactive ketones (excluding diaryl/α,β-unsaturated/α-hetero) is 1. The molecule has 0 radical (unpaired) electrons. The minimum atomic E-state index is -0.705. The molecule has 0 saturated heterocycles.